The summed E-state index contributed by atoms with van der Waals surface area (Å²) in [5, 5.41) is 14.5. The molecule has 0 aromatic carbocycles. The van der Waals surface area contributed by atoms with E-state index >= 15 is 0 Å². The average molecular weight is 350 g/mol. The number of aromatic nitrogens is 3. The first kappa shape index (κ1) is 19.7. The Morgan fingerprint density at radius 1 is 1.40 bits per heavy atom. The average Bonchev–Trinajstić information content (AvgIpc) is 3.07. The maximum absolute atomic E-state index is 12.7. The van der Waals surface area contributed by atoms with Crippen LogP contribution in [0.2, 0.25) is 0 Å². The van der Waals surface area contributed by atoms with Gasteiger partial charge in [0.05, 0.1) is 36.1 Å². The van der Waals surface area contributed by atoms with E-state index in [2.05, 4.69) is 20.9 Å². The lowest BCUT2D eigenvalue weighted by Crippen LogP contribution is -2.58. The molecule has 0 amide bonds. The number of nitrogens with two attached hydrogens (primary N) is 1. The molecule has 1 aliphatic heterocycles. The zero-order valence-corrected chi connectivity index (χ0v) is 15.5. The summed E-state index contributed by atoms with van der Waals surface area (Å²) >= 11 is 0. The summed E-state index contributed by atoms with van der Waals surface area (Å²) in [6, 6.07) is 0. The summed E-state index contributed by atoms with van der Waals surface area (Å²) in [4.78, 5) is 25.1. The molecule has 4 N–H and O–H groups in total. The van der Waals surface area contributed by atoms with Crippen LogP contribution >= 0.6 is 0 Å². The van der Waals surface area contributed by atoms with E-state index in [9.17, 15) is 9.59 Å². The monoisotopic (exact) mass is 350 g/mol. The van der Waals surface area contributed by atoms with Crippen molar-refractivity contribution in [3.63, 3.8) is 0 Å². The van der Waals surface area contributed by atoms with Crippen LogP contribution in [-0.2, 0) is 22.6 Å². The standard InChI is InChI=1S/C17H30N6O2/c1-16(19-3)7-4-5-9-23-13(11-21-22-23)6-8-17(2,14(24)10-18)20-12-15(16)25/h11,19-20H,4-10,12,18H2,1-3H3/t16-,17-/m0/s1. The fourth-order valence-electron chi connectivity index (χ4n) is 3.20. The van der Waals surface area contributed by atoms with Crippen molar-refractivity contribution in [1.82, 2.24) is 25.6 Å². The summed E-state index contributed by atoms with van der Waals surface area (Å²) in [7, 11) is 1.80. The van der Waals surface area contributed by atoms with Crippen molar-refractivity contribution in [3.8, 4) is 0 Å². The molecule has 1 aromatic heterocycles. The molecule has 0 spiro atoms. The highest BCUT2D eigenvalue weighted by Crippen LogP contribution is 2.20. The number of likely N-dealkylation sites (N-methyl/N-ethyl adjacent to an activating group) is 1. The molecule has 0 unspecified atom stereocenters. The zero-order chi connectivity index (χ0) is 18.5. The van der Waals surface area contributed by atoms with Crippen molar-refractivity contribution >= 4 is 11.6 Å². The quantitative estimate of drug-likeness (QED) is 0.692. The van der Waals surface area contributed by atoms with Gasteiger partial charge in [0.25, 0.3) is 0 Å². The number of hydrogen-bond donors (Lipinski definition) is 3. The van der Waals surface area contributed by atoms with Gasteiger partial charge in [0.15, 0.2) is 11.6 Å². The number of Topliss-reactive ketones (excluding diaryl/α,β-unsaturated/α-hetero) is 2. The maximum Gasteiger partial charge on any atom is 0.166 e. The zero-order valence-electron chi connectivity index (χ0n) is 15.5. The van der Waals surface area contributed by atoms with Crippen LogP contribution in [0.1, 0.15) is 45.2 Å². The molecule has 0 radical (unpaired) electrons. The summed E-state index contributed by atoms with van der Waals surface area (Å²) < 4.78 is 1.89. The molecule has 0 saturated heterocycles. The normalized spacial score (nSPS) is 29.2. The Morgan fingerprint density at radius 3 is 2.84 bits per heavy atom. The maximum atomic E-state index is 12.7. The number of nitrogens with one attached hydrogen (secondary N) is 2. The van der Waals surface area contributed by atoms with Crippen molar-refractivity contribution in [3.05, 3.63) is 11.9 Å². The van der Waals surface area contributed by atoms with E-state index in [0.29, 0.717) is 12.8 Å². The van der Waals surface area contributed by atoms with E-state index < -0.39 is 11.1 Å². The highest BCUT2D eigenvalue weighted by atomic mass is 16.1. The molecule has 2 rings (SSSR count). The molecular weight excluding hydrogens is 320 g/mol. The largest absolute Gasteiger partial charge is 0.324 e. The SMILES string of the molecule is CN[C@@]1(C)CCCCn2nncc2CC[C@@](C)(C(=O)CN)NCC1=O. The van der Waals surface area contributed by atoms with Gasteiger partial charge in [-0.05, 0) is 53.0 Å². The van der Waals surface area contributed by atoms with Crippen molar-refractivity contribution in [2.75, 3.05) is 20.1 Å². The molecule has 8 nitrogen and oxygen atoms in total. The first-order valence-electron chi connectivity index (χ1n) is 8.92. The second kappa shape index (κ2) is 8.16. The first-order valence-corrected chi connectivity index (χ1v) is 8.92. The topological polar surface area (TPSA) is 115 Å². The van der Waals surface area contributed by atoms with E-state index in [1.807, 2.05) is 18.5 Å². The third-order valence-corrected chi connectivity index (χ3v) is 5.48. The van der Waals surface area contributed by atoms with Crippen LogP contribution in [0.4, 0.5) is 0 Å². The van der Waals surface area contributed by atoms with Gasteiger partial charge in [-0.2, -0.15) is 0 Å². The number of carbonyl (C=O) groups excluding carboxylic acids is 2. The molecule has 2 heterocycles. The van der Waals surface area contributed by atoms with E-state index in [-0.39, 0.29) is 24.7 Å². The molecule has 0 aliphatic carbocycles. The van der Waals surface area contributed by atoms with E-state index in [1.165, 1.54) is 0 Å². The molecule has 0 fully saturated rings. The molecule has 2 atom stereocenters. The van der Waals surface area contributed by atoms with Gasteiger partial charge in [0.2, 0.25) is 0 Å². The number of hydrogen-bond acceptors (Lipinski definition) is 7. The van der Waals surface area contributed by atoms with Crippen molar-refractivity contribution in [2.24, 2.45) is 5.73 Å². The lowest BCUT2D eigenvalue weighted by atomic mass is 9.87. The Hall–Kier alpha value is -1.64. The number of carbonyl (C=O) groups is 2. The number of rotatable bonds is 3. The van der Waals surface area contributed by atoms with Gasteiger partial charge in [-0.3, -0.25) is 14.9 Å². The lowest BCUT2D eigenvalue weighted by molar-refractivity contribution is -0.126. The molecular formula is C17H30N6O2. The van der Waals surface area contributed by atoms with Crippen LogP contribution in [0.15, 0.2) is 6.20 Å². The van der Waals surface area contributed by atoms with E-state index in [1.54, 1.807) is 13.2 Å². The second-order valence-corrected chi connectivity index (χ2v) is 7.22. The van der Waals surface area contributed by atoms with E-state index in [0.717, 1.165) is 31.5 Å². The minimum Gasteiger partial charge on any atom is -0.324 e. The van der Waals surface area contributed by atoms with Gasteiger partial charge in [0, 0.05) is 6.54 Å². The van der Waals surface area contributed by atoms with Gasteiger partial charge in [0.1, 0.15) is 0 Å². The highest BCUT2D eigenvalue weighted by molar-refractivity contribution is 5.92. The van der Waals surface area contributed by atoms with Gasteiger partial charge in [-0.15, -0.1) is 5.10 Å². The molecule has 8 heteroatoms. The summed E-state index contributed by atoms with van der Waals surface area (Å²) in [5.74, 6) is -0.0370. The van der Waals surface area contributed by atoms with Gasteiger partial charge >= 0.3 is 0 Å². The molecule has 0 bridgehead atoms. The van der Waals surface area contributed by atoms with Crippen LogP contribution in [0.25, 0.3) is 0 Å². The van der Waals surface area contributed by atoms with Gasteiger partial charge in [-0.1, -0.05) is 5.21 Å². The van der Waals surface area contributed by atoms with Crippen LogP contribution in [0, 0.1) is 0 Å². The molecule has 140 valence electrons. The lowest BCUT2D eigenvalue weighted by Gasteiger charge is -2.32. The Kier molecular flexibility index (Phi) is 6.42. The van der Waals surface area contributed by atoms with Crippen molar-refractivity contribution in [2.45, 2.75) is 63.6 Å². The second-order valence-electron chi connectivity index (χ2n) is 7.22. The Balaban J connectivity index is 2.27. The smallest absolute Gasteiger partial charge is 0.166 e. The van der Waals surface area contributed by atoms with Gasteiger partial charge in [-0.25, -0.2) is 4.68 Å². The number of fused-ring (bicyclic) bond motifs is 1. The Labute approximate surface area is 148 Å². The Bertz CT molecular complexity index is 616. The fourth-order valence-corrected chi connectivity index (χ4v) is 3.20. The third kappa shape index (κ3) is 4.50. The highest BCUT2D eigenvalue weighted by Gasteiger charge is 2.36. The van der Waals surface area contributed by atoms with Gasteiger partial charge < -0.3 is 11.1 Å². The number of nitrogens with zero attached hydrogens (tertiary/aromatic N) is 3. The summed E-state index contributed by atoms with van der Waals surface area (Å²) in [6.45, 7) is 4.58. The molecule has 25 heavy (non-hydrogen) atoms. The number of aryl methyl sites for hydroxylation is 2. The first-order chi connectivity index (χ1) is 11.8. The minimum atomic E-state index is -0.845. The summed E-state index contributed by atoms with van der Waals surface area (Å²) in [5.41, 5.74) is 5.14. The van der Waals surface area contributed by atoms with Crippen LogP contribution in [0.3, 0.4) is 0 Å². The summed E-state index contributed by atoms with van der Waals surface area (Å²) in [6.07, 6.45) is 5.50. The van der Waals surface area contributed by atoms with Crippen molar-refractivity contribution < 1.29 is 9.59 Å². The predicted molar refractivity (Wildman–Crippen MR) is 95.1 cm³/mol. The molecule has 0 saturated carbocycles. The molecule has 1 aliphatic rings. The number of ketones is 2. The van der Waals surface area contributed by atoms with Crippen LogP contribution < -0.4 is 16.4 Å². The van der Waals surface area contributed by atoms with Crippen LogP contribution in [-0.4, -0.2) is 57.8 Å². The molecule has 1 aromatic rings. The minimum absolute atomic E-state index is 0.0570. The van der Waals surface area contributed by atoms with Crippen molar-refractivity contribution in [1.29, 1.82) is 0 Å². The Morgan fingerprint density at radius 2 is 2.16 bits per heavy atom. The predicted octanol–water partition coefficient (Wildman–Crippen LogP) is -0.182. The van der Waals surface area contributed by atoms with Crippen LogP contribution in [0.5, 0.6) is 0 Å². The fraction of sp³-hybridized carbons (Fsp3) is 0.765. The third-order valence-electron chi connectivity index (χ3n) is 5.48. The van der Waals surface area contributed by atoms with E-state index in [4.69, 9.17) is 5.73 Å².